The molecule has 3 heterocycles. The molecule has 0 radical (unpaired) electrons. The van der Waals surface area contributed by atoms with Gasteiger partial charge in [-0.1, -0.05) is 18.2 Å². The SMILES string of the molecule is C1CCc2nnc(SCC3CCNC3)n2CC1. The Labute approximate surface area is 107 Å². The van der Waals surface area contributed by atoms with E-state index >= 15 is 0 Å². The van der Waals surface area contributed by atoms with Gasteiger partial charge in [0.2, 0.25) is 0 Å². The Morgan fingerprint density at radius 2 is 2.29 bits per heavy atom. The van der Waals surface area contributed by atoms with Crippen LogP contribution in [0.15, 0.2) is 5.16 Å². The van der Waals surface area contributed by atoms with Crippen molar-refractivity contribution in [3.8, 4) is 0 Å². The summed E-state index contributed by atoms with van der Waals surface area (Å²) < 4.78 is 2.35. The first-order valence-electron chi connectivity index (χ1n) is 6.69. The zero-order valence-corrected chi connectivity index (χ0v) is 11.0. The minimum absolute atomic E-state index is 0.818. The summed E-state index contributed by atoms with van der Waals surface area (Å²) in [7, 11) is 0. The molecule has 2 aliphatic heterocycles. The molecule has 0 aliphatic carbocycles. The summed E-state index contributed by atoms with van der Waals surface area (Å²) in [5.74, 6) is 3.21. The van der Waals surface area contributed by atoms with Crippen molar-refractivity contribution in [3.63, 3.8) is 0 Å². The summed E-state index contributed by atoms with van der Waals surface area (Å²) in [6, 6.07) is 0. The third kappa shape index (κ3) is 2.65. The van der Waals surface area contributed by atoms with Crippen molar-refractivity contribution in [2.45, 2.75) is 43.8 Å². The Morgan fingerprint density at radius 1 is 1.29 bits per heavy atom. The van der Waals surface area contributed by atoms with Gasteiger partial charge < -0.3 is 9.88 Å². The lowest BCUT2D eigenvalue weighted by Crippen LogP contribution is -2.11. The van der Waals surface area contributed by atoms with Crippen LogP contribution in [0.2, 0.25) is 0 Å². The lowest BCUT2D eigenvalue weighted by atomic mass is 10.2. The maximum atomic E-state index is 4.36. The van der Waals surface area contributed by atoms with Gasteiger partial charge in [-0.2, -0.15) is 0 Å². The quantitative estimate of drug-likeness (QED) is 0.832. The van der Waals surface area contributed by atoms with E-state index in [4.69, 9.17) is 0 Å². The highest BCUT2D eigenvalue weighted by molar-refractivity contribution is 7.99. The van der Waals surface area contributed by atoms with Gasteiger partial charge in [-0.25, -0.2) is 0 Å². The predicted molar refractivity (Wildman–Crippen MR) is 69.3 cm³/mol. The molecule has 1 saturated heterocycles. The summed E-state index contributed by atoms with van der Waals surface area (Å²) in [6.45, 7) is 3.48. The van der Waals surface area contributed by atoms with Gasteiger partial charge in [-0.15, -0.1) is 10.2 Å². The molecule has 1 atom stereocenters. The lowest BCUT2D eigenvalue weighted by Gasteiger charge is -2.09. The van der Waals surface area contributed by atoms with E-state index in [9.17, 15) is 0 Å². The van der Waals surface area contributed by atoms with Crippen LogP contribution in [0.1, 0.15) is 31.5 Å². The first-order valence-corrected chi connectivity index (χ1v) is 7.67. The molecule has 0 spiro atoms. The number of nitrogens with one attached hydrogen (secondary N) is 1. The maximum absolute atomic E-state index is 4.36. The smallest absolute Gasteiger partial charge is 0.191 e. The largest absolute Gasteiger partial charge is 0.316 e. The van der Waals surface area contributed by atoms with Gasteiger partial charge >= 0.3 is 0 Å². The van der Waals surface area contributed by atoms with E-state index < -0.39 is 0 Å². The van der Waals surface area contributed by atoms with E-state index in [-0.39, 0.29) is 0 Å². The molecular formula is C12H20N4S. The summed E-state index contributed by atoms with van der Waals surface area (Å²) >= 11 is 1.90. The third-order valence-corrected chi connectivity index (χ3v) is 4.88. The predicted octanol–water partition coefficient (Wildman–Crippen LogP) is 1.71. The van der Waals surface area contributed by atoms with Gasteiger partial charge in [0, 0.05) is 18.7 Å². The molecule has 0 aromatic carbocycles. The minimum Gasteiger partial charge on any atom is -0.316 e. The average Bonchev–Trinajstić information content (AvgIpc) is 2.92. The third-order valence-electron chi connectivity index (χ3n) is 3.69. The van der Waals surface area contributed by atoms with Crippen molar-refractivity contribution in [2.75, 3.05) is 18.8 Å². The molecule has 0 saturated carbocycles. The molecule has 2 aliphatic rings. The summed E-state index contributed by atoms with van der Waals surface area (Å²) in [4.78, 5) is 0. The molecule has 1 aromatic rings. The van der Waals surface area contributed by atoms with E-state index in [1.54, 1.807) is 0 Å². The van der Waals surface area contributed by atoms with Crippen LogP contribution in [0.25, 0.3) is 0 Å². The van der Waals surface area contributed by atoms with Crippen LogP contribution in [0.5, 0.6) is 0 Å². The van der Waals surface area contributed by atoms with E-state index in [2.05, 4.69) is 20.1 Å². The average molecular weight is 252 g/mol. The molecule has 0 bridgehead atoms. The Hall–Kier alpha value is -0.550. The maximum Gasteiger partial charge on any atom is 0.191 e. The van der Waals surface area contributed by atoms with Crippen LogP contribution in [0.3, 0.4) is 0 Å². The fraction of sp³-hybridized carbons (Fsp3) is 0.833. The first kappa shape index (κ1) is 11.5. The van der Waals surface area contributed by atoms with Gasteiger partial charge in [0.25, 0.3) is 0 Å². The number of hydrogen-bond acceptors (Lipinski definition) is 4. The van der Waals surface area contributed by atoms with Crippen molar-refractivity contribution in [1.82, 2.24) is 20.1 Å². The molecule has 17 heavy (non-hydrogen) atoms. The summed E-state index contributed by atoms with van der Waals surface area (Å²) in [5, 5.41) is 13.3. The molecule has 5 heteroatoms. The van der Waals surface area contributed by atoms with Crippen LogP contribution in [0.4, 0.5) is 0 Å². The van der Waals surface area contributed by atoms with Crippen LogP contribution >= 0.6 is 11.8 Å². The molecule has 94 valence electrons. The van der Waals surface area contributed by atoms with Gasteiger partial charge in [-0.3, -0.25) is 0 Å². The monoisotopic (exact) mass is 252 g/mol. The van der Waals surface area contributed by atoms with Gasteiger partial charge in [0.05, 0.1) is 0 Å². The Morgan fingerprint density at radius 3 is 3.18 bits per heavy atom. The molecular weight excluding hydrogens is 232 g/mol. The fourth-order valence-electron chi connectivity index (χ4n) is 2.61. The Bertz CT molecular complexity index is 371. The van der Waals surface area contributed by atoms with E-state index in [1.165, 1.54) is 50.4 Å². The van der Waals surface area contributed by atoms with E-state index in [0.717, 1.165) is 24.0 Å². The highest BCUT2D eigenvalue weighted by Crippen LogP contribution is 2.25. The number of hydrogen-bond donors (Lipinski definition) is 1. The number of aromatic nitrogens is 3. The molecule has 1 fully saturated rings. The van der Waals surface area contributed by atoms with Crippen molar-refractivity contribution in [2.24, 2.45) is 5.92 Å². The zero-order valence-electron chi connectivity index (χ0n) is 10.2. The van der Waals surface area contributed by atoms with Gasteiger partial charge in [-0.05, 0) is 38.3 Å². The van der Waals surface area contributed by atoms with Crippen LogP contribution in [-0.4, -0.2) is 33.6 Å². The second-order valence-electron chi connectivity index (χ2n) is 5.03. The van der Waals surface area contributed by atoms with Gasteiger partial charge in [0.1, 0.15) is 5.82 Å². The number of aryl methyl sites for hydroxylation is 1. The van der Waals surface area contributed by atoms with Crippen molar-refractivity contribution < 1.29 is 0 Å². The number of rotatable bonds is 3. The fourth-order valence-corrected chi connectivity index (χ4v) is 3.73. The van der Waals surface area contributed by atoms with Crippen LogP contribution in [-0.2, 0) is 13.0 Å². The summed E-state index contributed by atoms with van der Waals surface area (Å²) in [5.41, 5.74) is 0. The van der Waals surface area contributed by atoms with Crippen molar-refractivity contribution in [3.05, 3.63) is 5.82 Å². The van der Waals surface area contributed by atoms with Crippen LogP contribution in [0, 0.1) is 5.92 Å². The number of nitrogens with zero attached hydrogens (tertiary/aromatic N) is 3. The summed E-state index contributed by atoms with van der Waals surface area (Å²) in [6.07, 6.45) is 6.31. The van der Waals surface area contributed by atoms with E-state index in [0.29, 0.717) is 0 Å². The lowest BCUT2D eigenvalue weighted by molar-refractivity contribution is 0.588. The normalized spacial score (nSPS) is 24.6. The second-order valence-corrected chi connectivity index (χ2v) is 6.02. The minimum atomic E-state index is 0.818. The zero-order chi connectivity index (χ0) is 11.5. The van der Waals surface area contributed by atoms with Crippen LogP contribution < -0.4 is 5.32 Å². The topological polar surface area (TPSA) is 42.7 Å². The molecule has 1 N–H and O–H groups in total. The highest BCUT2D eigenvalue weighted by atomic mass is 32.2. The van der Waals surface area contributed by atoms with Gasteiger partial charge in [0.15, 0.2) is 5.16 Å². The molecule has 3 rings (SSSR count). The highest BCUT2D eigenvalue weighted by Gasteiger charge is 2.18. The molecule has 1 aromatic heterocycles. The molecule has 4 nitrogen and oxygen atoms in total. The second kappa shape index (κ2) is 5.40. The Kier molecular flexibility index (Phi) is 3.66. The number of thioether (sulfide) groups is 1. The first-order chi connectivity index (χ1) is 8.43. The standard InChI is InChI=1S/C12H20N4S/c1-2-4-11-14-15-12(16(11)7-3-1)17-9-10-5-6-13-8-10/h10,13H,1-9H2. The Balaban J connectivity index is 1.64. The van der Waals surface area contributed by atoms with E-state index in [1.807, 2.05) is 11.8 Å². The molecule has 1 unspecified atom stereocenters. The number of fused-ring (bicyclic) bond motifs is 1. The molecule has 0 amide bonds. The van der Waals surface area contributed by atoms with Crippen molar-refractivity contribution >= 4 is 11.8 Å². The van der Waals surface area contributed by atoms with Crippen molar-refractivity contribution in [1.29, 1.82) is 0 Å².